The van der Waals surface area contributed by atoms with E-state index in [1.807, 2.05) is 43.3 Å². The number of carbonyl (C=O) groups excluding carboxylic acids is 1. The number of rotatable bonds is 4. The smallest absolute Gasteiger partial charge is 0.279 e. The minimum absolute atomic E-state index is 0.181. The second-order valence-corrected chi connectivity index (χ2v) is 9.33. The molecule has 0 radical (unpaired) electrons. The van der Waals surface area contributed by atoms with Gasteiger partial charge in [-0.15, -0.1) is 10.2 Å². The van der Waals surface area contributed by atoms with Crippen molar-refractivity contribution in [3.05, 3.63) is 100 Å². The first-order chi connectivity index (χ1) is 18.1. The molecule has 184 valence electrons. The van der Waals surface area contributed by atoms with Gasteiger partial charge in [0.25, 0.3) is 11.5 Å². The third-order valence-corrected chi connectivity index (χ3v) is 6.87. The molecule has 0 spiro atoms. The highest BCUT2D eigenvalue weighted by Crippen LogP contribution is 2.27. The van der Waals surface area contributed by atoms with E-state index in [9.17, 15) is 9.59 Å². The Morgan fingerprint density at radius 2 is 1.68 bits per heavy atom. The zero-order valence-corrected chi connectivity index (χ0v) is 20.5. The number of amides is 1. The van der Waals surface area contributed by atoms with Gasteiger partial charge in [0.05, 0.1) is 11.1 Å². The fourth-order valence-corrected chi connectivity index (χ4v) is 4.88. The predicted octanol–water partition coefficient (Wildman–Crippen LogP) is 4.93. The summed E-state index contributed by atoms with van der Waals surface area (Å²) in [5, 5.41) is 17.4. The van der Waals surface area contributed by atoms with Crippen LogP contribution in [0, 0.1) is 6.92 Å². The Balaban J connectivity index is 1.40. The van der Waals surface area contributed by atoms with Crippen molar-refractivity contribution in [2.24, 2.45) is 0 Å². The average Bonchev–Trinajstić information content (AvgIpc) is 3.18. The molecule has 37 heavy (non-hydrogen) atoms. The van der Waals surface area contributed by atoms with E-state index in [0.29, 0.717) is 22.1 Å². The summed E-state index contributed by atoms with van der Waals surface area (Å²) in [5.41, 5.74) is 2.97. The van der Waals surface area contributed by atoms with Crippen molar-refractivity contribution in [1.29, 1.82) is 0 Å². The van der Waals surface area contributed by atoms with Gasteiger partial charge < -0.3 is 9.88 Å². The number of fused-ring (bicyclic) bond motifs is 2. The van der Waals surface area contributed by atoms with Crippen LogP contribution < -0.4 is 10.9 Å². The van der Waals surface area contributed by atoms with Gasteiger partial charge in [0.2, 0.25) is 0 Å². The van der Waals surface area contributed by atoms with Crippen LogP contribution >= 0.6 is 0 Å². The molecule has 1 N–H and O–H groups in total. The van der Waals surface area contributed by atoms with Crippen molar-refractivity contribution < 1.29 is 4.79 Å². The van der Waals surface area contributed by atoms with Gasteiger partial charge >= 0.3 is 0 Å². The van der Waals surface area contributed by atoms with E-state index < -0.39 is 0 Å². The van der Waals surface area contributed by atoms with E-state index in [1.165, 1.54) is 11.1 Å². The second kappa shape index (κ2) is 9.46. The lowest BCUT2D eigenvalue weighted by atomic mass is 10.1. The van der Waals surface area contributed by atoms with Crippen LogP contribution in [-0.4, -0.2) is 30.5 Å². The highest BCUT2D eigenvalue weighted by Gasteiger charge is 2.20. The van der Waals surface area contributed by atoms with Gasteiger partial charge in [0, 0.05) is 29.6 Å². The minimum Gasteiger partial charge on any atom is -0.320 e. The highest BCUT2D eigenvalue weighted by atomic mass is 16.2. The Hall–Kier alpha value is -4.59. The summed E-state index contributed by atoms with van der Waals surface area (Å²) < 4.78 is 3.47. The van der Waals surface area contributed by atoms with E-state index in [2.05, 4.69) is 25.2 Å². The van der Waals surface area contributed by atoms with Crippen molar-refractivity contribution in [2.75, 3.05) is 5.32 Å². The summed E-state index contributed by atoms with van der Waals surface area (Å²) in [4.78, 5) is 26.8. The fourth-order valence-electron chi connectivity index (χ4n) is 4.88. The normalized spacial score (nSPS) is 13.2. The summed E-state index contributed by atoms with van der Waals surface area (Å²) in [5.74, 6) is 1.44. The largest absolute Gasteiger partial charge is 0.320 e. The number of nitrogens with one attached hydrogen (secondary N) is 1. The molecular formula is C29H26N6O2. The molecule has 3 heterocycles. The first kappa shape index (κ1) is 22.8. The molecule has 1 aliphatic heterocycles. The van der Waals surface area contributed by atoms with Gasteiger partial charge in [-0.3, -0.25) is 9.59 Å². The summed E-state index contributed by atoms with van der Waals surface area (Å²) in [7, 11) is 0. The number of aryl methyl sites for hydroxylation is 2. The van der Waals surface area contributed by atoms with E-state index in [1.54, 1.807) is 36.4 Å². The van der Waals surface area contributed by atoms with Crippen LogP contribution in [0.3, 0.4) is 0 Å². The molecule has 0 atom stereocenters. The standard InChI is InChI=1S/C29H26N6O2/c1-19-15-16-20(27-32-31-25-14-6-3-9-17-34(25)27)18-24(19)30-28(36)26-22-12-7-8-13-23(22)29(37)35(33-26)21-10-4-2-5-11-21/h2,4-5,7-8,10-13,15-16,18H,3,6,9,14,17H2,1H3,(H,30,36). The molecule has 1 amide bonds. The summed E-state index contributed by atoms with van der Waals surface area (Å²) in [6.07, 6.45) is 4.34. The number of nitrogens with zero attached hydrogens (tertiary/aromatic N) is 5. The number of carbonyl (C=O) groups is 1. The van der Waals surface area contributed by atoms with E-state index in [-0.39, 0.29) is 17.2 Å². The molecular weight excluding hydrogens is 464 g/mol. The van der Waals surface area contributed by atoms with Gasteiger partial charge in [0.1, 0.15) is 5.82 Å². The Bertz CT molecular complexity index is 1690. The Morgan fingerprint density at radius 3 is 2.51 bits per heavy atom. The van der Waals surface area contributed by atoms with Gasteiger partial charge in [-0.1, -0.05) is 55.0 Å². The van der Waals surface area contributed by atoms with Crippen molar-refractivity contribution >= 4 is 22.4 Å². The van der Waals surface area contributed by atoms with Gasteiger partial charge in [-0.25, -0.2) is 0 Å². The maximum Gasteiger partial charge on any atom is 0.279 e. The van der Waals surface area contributed by atoms with Crippen molar-refractivity contribution in [3.8, 4) is 17.1 Å². The van der Waals surface area contributed by atoms with Gasteiger partial charge in [-0.05, 0) is 49.6 Å². The second-order valence-electron chi connectivity index (χ2n) is 9.33. The van der Waals surface area contributed by atoms with Crippen LogP contribution in [0.4, 0.5) is 5.69 Å². The summed E-state index contributed by atoms with van der Waals surface area (Å²) in [6, 6.07) is 22.1. The maximum absolute atomic E-state index is 13.6. The Labute approximate surface area is 213 Å². The number of hydrogen-bond donors (Lipinski definition) is 1. The van der Waals surface area contributed by atoms with Crippen LogP contribution in [0.5, 0.6) is 0 Å². The third-order valence-electron chi connectivity index (χ3n) is 6.87. The molecule has 5 aromatic rings. The number of para-hydroxylation sites is 1. The zero-order chi connectivity index (χ0) is 25.4. The van der Waals surface area contributed by atoms with E-state index in [4.69, 9.17) is 0 Å². The monoisotopic (exact) mass is 490 g/mol. The number of anilines is 1. The molecule has 8 nitrogen and oxygen atoms in total. The number of benzene rings is 3. The zero-order valence-electron chi connectivity index (χ0n) is 20.5. The molecule has 0 unspecified atom stereocenters. The lowest BCUT2D eigenvalue weighted by Crippen LogP contribution is -2.26. The lowest BCUT2D eigenvalue weighted by molar-refractivity contribution is 0.102. The van der Waals surface area contributed by atoms with E-state index in [0.717, 1.165) is 48.6 Å². The molecule has 0 aliphatic carbocycles. The summed E-state index contributed by atoms with van der Waals surface area (Å²) >= 11 is 0. The molecule has 8 heteroatoms. The van der Waals surface area contributed by atoms with Gasteiger partial charge in [0.15, 0.2) is 11.5 Å². The van der Waals surface area contributed by atoms with Gasteiger partial charge in [-0.2, -0.15) is 9.78 Å². The third kappa shape index (κ3) is 4.20. The van der Waals surface area contributed by atoms with Crippen molar-refractivity contribution in [2.45, 2.75) is 39.2 Å². The van der Waals surface area contributed by atoms with Crippen molar-refractivity contribution in [3.63, 3.8) is 0 Å². The molecule has 0 saturated carbocycles. The van der Waals surface area contributed by atoms with Crippen LogP contribution in [-0.2, 0) is 13.0 Å². The van der Waals surface area contributed by atoms with Crippen molar-refractivity contribution in [1.82, 2.24) is 24.5 Å². The first-order valence-electron chi connectivity index (χ1n) is 12.5. The topological polar surface area (TPSA) is 94.7 Å². The average molecular weight is 491 g/mol. The minimum atomic E-state index is -0.388. The fraction of sp³-hybridized carbons (Fsp3) is 0.207. The Kier molecular flexibility index (Phi) is 5.84. The first-order valence-corrected chi connectivity index (χ1v) is 12.5. The molecule has 2 aromatic heterocycles. The number of aromatic nitrogens is 5. The quantitative estimate of drug-likeness (QED) is 0.385. The molecule has 1 aliphatic rings. The lowest BCUT2D eigenvalue weighted by Gasteiger charge is -2.14. The van der Waals surface area contributed by atoms with Crippen LogP contribution in [0.15, 0.2) is 77.6 Å². The molecule has 6 rings (SSSR count). The molecule has 3 aromatic carbocycles. The van der Waals surface area contributed by atoms with Crippen LogP contribution in [0.1, 0.15) is 41.1 Å². The number of hydrogen-bond acceptors (Lipinski definition) is 5. The Morgan fingerprint density at radius 1 is 0.892 bits per heavy atom. The summed E-state index contributed by atoms with van der Waals surface area (Å²) in [6.45, 7) is 2.84. The molecule has 0 fully saturated rings. The van der Waals surface area contributed by atoms with Crippen LogP contribution in [0.2, 0.25) is 0 Å². The predicted molar refractivity (Wildman–Crippen MR) is 143 cm³/mol. The van der Waals surface area contributed by atoms with Crippen LogP contribution in [0.25, 0.3) is 27.8 Å². The molecule has 0 saturated heterocycles. The van der Waals surface area contributed by atoms with E-state index >= 15 is 0 Å². The highest BCUT2D eigenvalue weighted by molar-refractivity contribution is 6.11. The molecule has 0 bridgehead atoms. The SMILES string of the molecule is Cc1ccc(-c2nnc3n2CCCCC3)cc1NC(=O)c1nn(-c2ccccc2)c(=O)c2ccccc12. The maximum atomic E-state index is 13.6.